The van der Waals surface area contributed by atoms with Crippen molar-refractivity contribution in [3.05, 3.63) is 81.2 Å². The van der Waals surface area contributed by atoms with E-state index < -0.39 is 0 Å². The van der Waals surface area contributed by atoms with Crippen LogP contribution in [0.4, 0.5) is 17.2 Å². The number of nitrogens with one attached hydrogen (secondary N) is 1. The van der Waals surface area contributed by atoms with Crippen molar-refractivity contribution in [2.75, 3.05) is 23.4 Å². The average Bonchev–Trinajstić information content (AvgIpc) is 3.60. The Kier molecular flexibility index (Phi) is 5.95. The molecule has 2 aliphatic heterocycles. The molecule has 7 rings (SSSR count). The number of hydrogen-bond donors (Lipinski definition) is 2. The predicted molar refractivity (Wildman–Crippen MR) is 156 cm³/mol. The summed E-state index contributed by atoms with van der Waals surface area (Å²) in [5.74, 6) is 0.527. The van der Waals surface area contributed by atoms with Crippen LogP contribution in [0.1, 0.15) is 46.9 Å². The maximum absolute atomic E-state index is 13.8. The first-order valence-corrected chi connectivity index (χ1v) is 14.1. The molecule has 0 bridgehead atoms. The van der Waals surface area contributed by atoms with Crippen molar-refractivity contribution in [3.8, 4) is 11.1 Å². The molecule has 3 aromatic heterocycles. The summed E-state index contributed by atoms with van der Waals surface area (Å²) >= 11 is 0. The Hall–Kier alpha value is -4.15. The quantitative estimate of drug-likeness (QED) is 0.391. The van der Waals surface area contributed by atoms with Gasteiger partial charge in [0, 0.05) is 49.2 Å². The monoisotopic (exact) mass is 554 g/mol. The van der Waals surface area contributed by atoms with E-state index >= 15 is 0 Å². The Balaban J connectivity index is 1.24. The third-order valence-corrected chi connectivity index (χ3v) is 8.54. The number of carbonyl (C=O) groups is 1. The van der Waals surface area contributed by atoms with Gasteiger partial charge < -0.3 is 29.2 Å². The highest BCUT2D eigenvalue weighted by Gasteiger charge is 2.37. The standard InChI is InChI=1S/C31H34N6O4/c1-31(2)14-19-12-26-30(40)36(8-7-35(26)27(19)15-31)25-6-4-5-22(23(25)17-38)20-11-24(29(39)34(3)16-20)32-28-13-21-18-41-10-9-37(21)33-28/h4-6,11-13,16,38H,7-10,14-15,17-18H2,1-3H3,(H,32,33). The lowest BCUT2D eigenvalue weighted by molar-refractivity contribution is 0.0801. The maximum Gasteiger partial charge on any atom is 0.274 e. The summed E-state index contributed by atoms with van der Waals surface area (Å²) in [6.07, 6.45) is 3.71. The van der Waals surface area contributed by atoms with Crippen molar-refractivity contribution in [3.63, 3.8) is 0 Å². The van der Waals surface area contributed by atoms with Gasteiger partial charge in [0.05, 0.1) is 37.7 Å². The highest BCUT2D eigenvalue weighted by atomic mass is 16.5. The fraction of sp³-hybridized carbons (Fsp3) is 0.387. The second-order valence-electron chi connectivity index (χ2n) is 12.1. The van der Waals surface area contributed by atoms with Crippen LogP contribution in [0.5, 0.6) is 0 Å². The van der Waals surface area contributed by atoms with Gasteiger partial charge in [0.15, 0.2) is 5.82 Å². The summed E-state index contributed by atoms with van der Waals surface area (Å²) < 4.78 is 11.1. The number of anilines is 3. The number of benzene rings is 1. The van der Waals surface area contributed by atoms with Gasteiger partial charge in [-0.15, -0.1) is 0 Å². The molecule has 5 heterocycles. The number of pyridine rings is 1. The van der Waals surface area contributed by atoms with Gasteiger partial charge >= 0.3 is 0 Å². The normalized spacial score (nSPS) is 17.4. The Morgan fingerprint density at radius 2 is 1.95 bits per heavy atom. The lowest BCUT2D eigenvalue weighted by Crippen LogP contribution is -2.41. The zero-order valence-corrected chi connectivity index (χ0v) is 23.6. The minimum Gasteiger partial charge on any atom is -0.392 e. The molecule has 3 aliphatic rings. The fourth-order valence-electron chi connectivity index (χ4n) is 6.65. The number of ether oxygens (including phenoxy) is 1. The average molecular weight is 555 g/mol. The van der Waals surface area contributed by atoms with Gasteiger partial charge in [-0.1, -0.05) is 26.0 Å². The Labute approximate surface area is 237 Å². The second-order valence-corrected chi connectivity index (χ2v) is 12.1. The van der Waals surface area contributed by atoms with E-state index in [1.807, 2.05) is 28.9 Å². The minimum absolute atomic E-state index is 0.0501. The van der Waals surface area contributed by atoms with Crippen LogP contribution < -0.4 is 15.8 Å². The van der Waals surface area contributed by atoms with Crippen LogP contribution in [-0.2, 0) is 50.9 Å². The van der Waals surface area contributed by atoms with Gasteiger partial charge in [0.2, 0.25) is 0 Å². The van der Waals surface area contributed by atoms with Crippen LogP contribution >= 0.6 is 0 Å². The third kappa shape index (κ3) is 4.29. The zero-order chi connectivity index (χ0) is 28.5. The molecule has 41 heavy (non-hydrogen) atoms. The fourth-order valence-corrected chi connectivity index (χ4v) is 6.65. The zero-order valence-electron chi connectivity index (χ0n) is 23.6. The largest absolute Gasteiger partial charge is 0.392 e. The molecule has 0 radical (unpaired) electrons. The molecular weight excluding hydrogens is 520 g/mol. The Morgan fingerprint density at radius 3 is 2.76 bits per heavy atom. The van der Waals surface area contributed by atoms with Crippen molar-refractivity contribution < 1.29 is 14.6 Å². The topological polar surface area (TPSA) is 107 Å². The molecule has 212 valence electrons. The van der Waals surface area contributed by atoms with E-state index in [-0.39, 0.29) is 23.5 Å². The highest BCUT2D eigenvalue weighted by molar-refractivity contribution is 6.07. The molecule has 0 unspecified atom stereocenters. The first-order valence-electron chi connectivity index (χ1n) is 14.1. The lowest BCUT2D eigenvalue weighted by atomic mass is 9.90. The van der Waals surface area contributed by atoms with E-state index in [1.54, 1.807) is 24.2 Å². The van der Waals surface area contributed by atoms with Gasteiger partial charge in [-0.05, 0) is 47.6 Å². The van der Waals surface area contributed by atoms with Crippen LogP contribution in [0.15, 0.2) is 47.4 Å². The molecule has 2 N–H and O–H groups in total. The van der Waals surface area contributed by atoms with E-state index in [0.717, 1.165) is 36.2 Å². The molecule has 10 heteroatoms. The van der Waals surface area contributed by atoms with Crippen LogP contribution in [0, 0.1) is 5.41 Å². The molecular formula is C31H34N6O4. The number of rotatable bonds is 5. The first-order chi connectivity index (χ1) is 19.7. The second kappa shape index (κ2) is 9.46. The number of aryl methyl sites for hydroxylation is 1. The van der Waals surface area contributed by atoms with Crippen molar-refractivity contribution in [1.29, 1.82) is 0 Å². The SMILES string of the molecule is Cn1cc(-c2cccc(N3CCn4c(cc5c4CC(C)(C)C5)C3=O)c2CO)cc(Nc2cc3n(n2)CCOC3)c1=O. The molecule has 1 aliphatic carbocycles. The highest BCUT2D eigenvalue weighted by Crippen LogP contribution is 2.40. The summed E-state index contributed by atoms with van der Waals surface area (Å²) in [5.41, 5.74) is 7.48. The third-order valence-electron chi connectivity index (χ3n) is 8.54. The van der Waals surface area contributed by atoms with Crippen LogP contribution in [0.2, 0.25) is 0 Å². The summed E-state index contributed by atoms with van der Waals surface area (Å²) in [6.45, 7) is 7.30. The number of nitrogens with zero attached hydrogens (tertiary/aromatic N) is 5. The molecule has 0 saturated carbocycles. The Morgan fingerprint density at radius 1 is 1.10 bits per heavy atom. The minimum atomic E-state index is -0.250. The van der Waals surface area contributed by atoms with Crippen molar-refractivity contribution in [1.82, 2.24) is 18.9 Å². The smallest absolute Gasteiger partial charge is 0.274 e. The Bertz CT molecular complexity index is 1740. The van der Waals surface area contributed by atoms with E-state index in [2.05, 4.69) is 34.9 Å². The number of carbonyl (C=O) groups excluding carboxylic acids is 1. The number of aromatic nitrogens is 4. The first kappa shape index (κ1) is 25.8. The number of aliphatic hydroxyl groups is 1. The van der Waals surface area contributed by atoms with Crippen molar-refractivity contribution in [2.24, 2.45) is 12.5 Å². The summed E-state index contributed by atoms with van der Waals surface area (Å²) in [6, 6.07) is 11.4. The molecule has 4 aromatic rings. The predicted octanol–water partition coefficient (Wildman–Crippen LogP) is 3.60. The van der Waals surface area contributed by atoms with Crippen LogP contribution in [0.3, 0.4) is 0 Å². The number of fused-ring (bicyclic) bond motifs is 4. The van der Waals surface area contributed by atoms with Crippen LogP contribution in [0.25, 0.3) is 11.1 Å². The number of hydrogen-bond acceptors (Lipinski definition) is 6. The van der Waals surface area contributed by atoms with Crippen molar-refractivity contribution in [2.45, 2.75) is 53.0 Å². The molecule has 0 atom stereocenters. The van der Waals surface area contributed by atoms with E-state index in [4.69, 9.17) is 4.74 Å². The molecule has 0 spiro atoms. The molecule has 1 amide bonds. The van der Waals surface area contributed by atoms with Gasteiger partial charge in [0.1, 0.15) is 11.4 Å². The van der Waals surface area contributed by atoms with Gasteiger partial charge in [-0.2, -0.15) is 5.10 Å². The molecule has 1 aromatic carbocycles. The van der Waals surface area contributed by atoms with Gasteiger partial charge in [-0.3, -0.25) is 14.3 Å². The van der Waals surface area contributed by atoms with Crippen LogP contribution in [-0.4, -0.2) is 43.1 Å². The van der Waals surface area contributed by atoms with Gasteiger partial charge in [0.25, 0.3) is 11.5 Å². The summed E-state index contributed by atoms with van der Waals surface area (Å²) in [4.78, 5) is 28.6. The summed E-state index contributed by atoms with van der Waals surface area (Å²) in [5, 5.41) is 18.4. The molecule has 0 saturated heterocycles. The van der Waals surface area contributed by atoms with Gasteiger partial charge in [-0.25, -0.2) is 0 Å². The maximum atomic E-state index is 13.8. The molecule has 10 nitrogen and oxygen atoms in total. The summed E-state index contributed by atoms with van der Waals surface area (Å²) in [7, 11) is 1.70. The van der Waals surface area contributed by atoms with Crippen molar-refractivity contribution >= 4 is 23.1 Å². The van der Waals surface area contributed by atoms with E-state index in [0.29, 0.717) is 54.8 Å². The lowest BCUT2D eigenvalue weighted by Gasteiger charge is -2.32. The van der Waals surface area contributed by atoms with E-state index in [1.165, 1.54) is 15.8 Å². The van der Waals surface area contributed by atoms with E-state index in [9.17, 15) is 14.7 Å². The number of aliphatic hydroxyl groups excluding tert-OH is 1. The number of amides is 1. The molecule has 0 fully saturated rings.